The van der Waals surface area contributed by atoms with Gasteiger partial charge in [0.25, 0.3) is 0 Å². The number of hydrogen-bond donors (Lipinski definition) is 0. The Morgan fingerprint density at radius 2 is 1.80 bits per heavy atom. The number of esters is 1. The van der Waals surface area contributed by atoms with Gasteiger partial charge in [-0.05, 0) is 13.0 Å². The van der Waals surface area contributed by atoms with Crippen LogP contribution in [-0.4, -0.2) is 33.1 Å². The summed E-state index contributed by atoms with van der Waals surface area (Å²) < 4.78 is 20.5. The minimum atomic E-state index is -0.628. The van der Waals surface area contributed by atoms with Crippen molar-refractivity contribution < 1.29 is 28.2 Å². The smallest absolute Gasteiger partial charge is 0.373 e. The maximum atomic E-state index is 11.7. The van der Waals surface area contributed by atoms with Gasteiger partial charge in [-0.3, -0.25) is 4.79 Å². The molecule has 0 aliphatic heterocycles. The van der Waals surface area contributed by atoms with E-state index in [0.717, 1.165) is 0 Å². The van der Waals surface area contributed by atoms with Crippen molar-refractivity contribution in [3.63, 3.8) is 0 Å². The van der Waals surface area contributed by atoms with Gasteiger partial charge in [0, 0.05) is 17.0 Å². The van der Waals surface area contributed by atoms with Crippen LogP contribution < -0.4 is 9.47 Å². The van der Waals surface area contributed by atoms with Crippen molar-refractivity contribution in [1.82, 2.24) is 0 Å². The van der Waals surface area contributed by atoms with Gasteiger partial charge in [-0.1, -0.05) is 0 Å². The van der Waals surface area contributed by atoms with Crippen molar-refractivity contribution in [3.8, 4) is 11.5 Å². The summed E-state index contributed by atoms with van der Waals surface area (Å²) in [7, 11) is 4.15. The van der Waals surface area contributed by atoms with Gasteiger partial charge in [-0.15, -0.1) is 0 Å². The Labute approximate surface area is 115 Å². The standard InChI is InChI=1S/C14H14O6/c1-7(15)8-5-10(17-2)13(18-3)12-9(8)6-11(20-12)14(16)19-4/h5-6H,1-4H3. The lowest BCUT2D eigenvalue weighted by molar-refractivity contribution is 0.0567. The second kappa shape index (κ2) is 5.24. The Morgan fingerprint density at radius 1 is 1.10 bits per heavy atom. The number of methoxy groups -OCH3 is 3. The maximum absolute atomic E-state index is 11.7. The molecule has 1 aromatic heterocycles. The van der Waals surface area contributed by atoms with Gasteiger partial charge in [0.15, 0.2) is 17.1 Å². The number of carbonyl (C=O) groups is 2. The molecule has 0 saturated carbocycles. The summed E-state index contributed by atoms with van der Waals surface area (Å²) in [5.41, 5.74) is 0.661. The normalized spacial score (nSPS) is 10.4. The highest BCUT2D eigenvalue weighted by Gasteiger charge is 2.22. The summed E-state index contributed by atoms with van der Waals surface area (Å²) in [5.74, 6) is -0.125. The minimum absolute atomic E-state index is 0.00319. The predicted octanol–water partition coefficient (Wildman–Crippen LogP) is 2.44. The van der Waals surface area contributed by atoms with E-state index in [9.17, 15) is 9.59 Å². The van der Waals surface area contributed by atoms with Crippen molar-refractivity contribution in [1.29, 1.82) is 0 Å². The number of fused-ring (bicyclic) bond motifs is 1. The minimum Gasteiger partial charge on any atom is -0.493 e. The van der Waals surface area contributed by atoms with Crippen LogP contribution in [-0.2, 0) is 4.74 Å². The molecule has 6 nitrogen and oxygen atoms in total. The Balaban J connectivity index is 2.83. The second-order valence-electron chi connectivity index (χ2n) is 4.06. The largest absolute Gasteiger partial charge is 0.493 e. The van der Waals surface area contributed by atoms with Crippen molar-refractivity contribution in [2.75, 3.05) is 21.3 Å². The number of benzene rings is 1. The van der Waals surface area contributed by atoms with Crippen LogP contribution >= 0.6 is 0 Å². The third kappa shape index (κ3) is 2.09. The molecule has 0 fully saturated rings. The molecule has 1 aromatic carbocycles. The quantitative estimate of drug-likeness (QED) is 0.631. The highest BCUT2D eigenvalue weighted by Crippen LogP contribution is 2.39. The number of ketones is 1. The first-order chi connectivity index (χ1) is 9.53. The van der Waals surface area contributed by atoms with Crippen LogP contribution in [0.4, 0.5) is 0 Å². The fourth-order valence-corrected chi connectivity index (χ4v) is 1.98. The molecule has 20 heavy (non-hydrogen) atoms. The predicted molar refractivity (Wildman–Crippen MR) is 70.7 cm³/mol. The molecule has 106 valence electrons. The Kier molecular flexibility index (Phi) is 3.65. The van der Waals surface area contributed by atoms with E-state index in [1.807, 2.05) is 0 Å². The highest BCUT2D eigenvalue weighted by atomic mass is 16.5. The van der Waals surface area contributed by atoms with Gasteiger partial charge in [0.05, 0.1) is 21.3 Å². The first kappa shape index (κ1) is 13.9. The summed E-state index contributed by atoms with van der Waals surface area (Å²) in [6, 6.07) is 3.01. The number of furan rings is 1. The molecular weight excluding hydrogens is 264 g/mol. The summed E-state index contributed by atoms with van der Waals surface area (Å²) in [6.45, 7) is 1.42. The van der Waals surface area contributed by atoms with E-state index in [0.29, 0.717) is 22.4 Å². The Morgan fingerprint density at radius 3 is 2.30 bits per heavy atom. The van der Waals surface area contributed by atoms with Gasteiger partial charge in [-0.25, -0.2) is 4.79 Å². The number of hydrogen-bond acceptors (Lipinski definition) is 6. The SMILES string of the molecule is COC(=O)c1cc2c(C(C)=O)cc(OC)c(OC)c2o1. The van der Waals surface area contributed by atoms with Crippen molar-refractivity contribution in [3.05, 3.63) is 23.5 Å². The molecule has 0 aliphatic rings. The summed E-state index contributed by atoms with van der Waals surface area (Å²) in [6.07, 6.45) is 0. The van der Waals surface area contributed by atoms with Crippen LogP contribution in [0.15, 0.2) is 16.5 Å². The molecule has 0 aliphatic carbocycles. The van der Waals surface area contributed by atoms with E-state index in [-0.39, 0.29) is 17.1 Å². The monoisotopic (exact) mass is 278 g/mol. The van der Waals surface area contributed by atoms with Gasteiger partial charge < -0.3 is 18.6 Å². The molecule has 2 rings (SSSR count). The topological polar surface area (TPSA) is 75.0 Å². The van der Waals surface area contributed by atoms with Crippen molar-refractivity contribution in [2.45, 2.75) is 6.92 Å². The molecule has 0 N–H and O–H groups in total. The third-order valence-electron chi connectivity index (χ3n) is 2.92. The molecule has 6 heteroatoms. The van der Waals surface area contributed by atoms with E-state index >= 15 is 0 Å². The molecule has 0 unspecified atom stereocenters. The van der Waals surface area contributed by atoms with Gasteiger partial charge >= 0.3 is 5.97 Å². The van der Waals surface area contributed by atoms with Gasteiger partial charge in [-0.2, -0.15) is 0 Å². The van der Waals surface area contributed by atoms with E-state index in [2.05, 4.69) is 4.74 Å². The molecule has 2 aromatic rings. The first-order valence-electron chi connectivity index (χ1n) is 5.81. The lowest BCUT2D eigenvalue weighted by atomic mass is 10.1. The molecule has 0 radical (unpaired) electrons. The van der Waals surface area contributed by atoms with E-state index in [1.54, 1.807) is 6.07 Å². The molecule has 1 heterocycles. The van der Waals surface area contributed by atoms with Crippen LogP contribution in [0.25, 0.3) is 11.0 Å². The lowest BCUT2D eigenvalue weighted by Gasteiger charge is -2.09. The zero-order valence-electron chi connectivity index (χ0n) is 11.6. The van der Waals surface area contributed by atoms with Crippen LogP contribution in [0.2, 0.25) is 0 Å². The summed E-state index contributed by atoms with van der Waals surface area (Å²) in [5, 5.41) is 0.482. The summed E-state index contributed by atoms with van der Waals surface area (Å²) >= 11 is 0. The average Bonchev–Trinajstić information content (AvgIpc) is 2.88. The van der Waals surface area contributed by atoms with Crippen LogP contribution in [0.1, 0.15) is 27.8 Å². The first-order valence-corrected chi connectivity index (χ1v) is 5.81. The Hall–Kier alpha value is -2.50. The van der Waals surface area contributed by atoms with E-state index < -0.39 is 5.97 Å². The molecule has 0 amide bonds. The van der Waals surface area contributed by atoms with Crippen LogP contribution in [0.3, 0.4) is 0 Å². The zero-order valence-corrected chi connectivity index (χ0v) is 11.6. The van der Waals surface area contributed by atoms with Crippen LogP contribution in [0, 0.1) is 0 Å². The summed E-state index contributed by atoms with van der Waals surface area (Å²) in [4.78, 5) is 23.3. The second-order valence-corrected chi connectivity index (χ2v) is 4.06. The number of ether oxygens (including phenoxy) is 3. The van der Waals surface area contributed by atoms with Gasteiger partial charge in [0.2, 0.25) is 11.5 Å². The fraction of sp³-hybridized carbons (Fsp3) is 0.286. The van der Waals surface area contributed by atoms with E-state index in [4.69, 9.17) is 13.9 Å². The van der Waals surface area contributed by atoms with E-state index in [1.165, 1.54) is 34.3 Å². The molecular formula is C14H14O6. The fourth-order valence-electron chi connectivity index (χ4n) is 1.98. The molecule has 0 saturated heterocycles. The van der Waals surface area contributed by atoms with Crippen molar-refractivity contribution in [2.24, 2.45) is 0 Å². The number of Topliss-reactive ketones (excluding diaryl/α,β-unsaturated/α-hetero) is 1. The van der Waals surface area contributed by atoms with Crippen molar-refractivity contribution >= 4 is 22.7 Å². The molecule has 0 bridgehead atoms. The Bertz CT molecular complexity index is 683. The van der Waals surface area contributed by atoms with Gasteiger partial charge in [0.1, 0.15) is 0 Å². The van der Waals surface area contributed by atoms with Crippen LogP contribution in [0.5, 0.6) is 11.5 Å². The maximum Gasteiger partial charge on any atom is 0.373 e. The molecule has 0 spiro atoms. The number of carbonyl (C=O) groups excluding carboxylic acids is 2. The lowest BCUT2D eigenvalue weighted by Crippen LogP contribution is -1.98. The zero-order chi connectivity index (χ0) is 14.9. The highest BCUT2D eigenvalue weighted by molar-refractivity contribution is 6.09. The molecule has 0 atom stereocenters. The number of rotatable bonds is 4. The third-order valence-corrected chi connectivity index (χ3v) is 2.92. The average molecular weight is 278 g/mol.